The Balaban J connectivity index is 2.40. The first-order chi connectivity index (χ1) is 10.7. The number of anilines is 1. The smallest absolute Gasteiger partial charge is 0.257 e. The molecule has 1 aromatic rings. The first-order valence-corrected chi connectivity index (χ1v) is 9.13. The van der Waals surface area contributed by atoms with Gasteiger partial charge in [-0.2, -0.15) is 0 Å². The van der Waals surface area contributed by atoms with Crippen molar-refractivity contribution in [3.05, 3.63) is 24.3 Å². The minimum absolute atomic E-state index is 0.0662. The molecule has 0 aliphatic heterocycles. The van der Waals surface area contributed by atoms with Gasteiger partial charge < -0.3 is 15.0 Å². The van der Waals surface area contributed by atoms with Crippen molar-refractivity contribution in [3.63, 3.8) is 0 Å². The lowest BCUT2D eigenvalue weighted by atomic mass is 10.3. The lowest BCUT2D eigenvalue weighted by Crippen LogP contribution is -2.31. The van der Waals surface area contributed by atoms with Gasteiger partial charge in [-0.1, -0.05) is 0 Å². The molecule has 0 aliphatic rings. The van der Waals surface area contributed by atoms with Gasteiger partial charge in [-0.25, -0.2) is 8.42 Å². The van der Waals surface area contributed by atoms with E-state index >= 15 is 0 Å². The summed E-state index contributed by atoms with van der Waals surface area (Å²) in [4.78, 5) is 13.7. The van der Waals surface area contributed by atoms with E-state index in [4.69, 9.17) is 4.74 Å². The van der Waals surface area contributed by atoms with Gasteiger partial charge in [-0.05, 0) is 51.3 Å². The van der Waals surface area contributed by atoms with Crippen LogP contribution in [0.5, 0.6) is 5.75 Å². The van der Waals surface area contributed by atoms with E-state index < -0.39 is 10.0 Å². The SMILES string of the molecule is CN(C)CCCNC(=O)COc1ccc(N(C)S(C)(=O)=O)cc1. The Kier molecular flexibility index (Phi) is 7.31. The summed E-state index contributed by atoms with van der Waals surface area (Å²) in [6.45, 7) is 1.46. The standard InChI is InChI=1S/C15H25N3O4S/c1-17(2)11-5-10-16-15(19)12-22-14-8-6-13(7-9-14)18(3)23(4,20)21/h6-9H,5,10-12H2,1-4H3,(H,16,19). The van der Waals surface area contributed by atoms with Crippen LogP contribution in [0.2, 0.25) is 0 Å². The average Bonchev–Trinajstić information content (AvgIpc) is 2.48. The molecule has 0 radical (unpaired) electrons. The molecule has 1 rings (SSSR count). The maximum Gasteiger partial charge on any atom is 0.257 e. The number of benzene rings is 1. The molecule has 1 amide bonds. The summed E-state index contributed by atoms with van der Waals surface area (Å²) in [6, 6.07) is 6.53. The number of sulfonamides is 1. The fraction of sp³-hybridized carbons (Fsp3) is 0.533. The van der Waals surface area contributed by atoms with Crippen LogP contribution < -0.4 is 14.4 Å². The molecular weight excluding hydrogens is 318 g/mol. The van der Waals surface area contributed by atoms with Crippen LogP contribution in [0.25, 0.3) is 0 Å². The summed E-state index contributed by atoms with van der Waals surface area (Å²) in [5.41, 5.74) is 0.535. The van der Waals surface area contributed by atoms with Gasteiger partial charge in [0.1, 0.15) is 5.75 Å². The molecule has 1 aromatic carbocycles. The number of nitrogens with one attached hydrogen (secondary N) is 1. The number of hydrogen-bond acceptors (Lipinski definition) is 5. The molecule has 8 heteroatoms. The zero-order valence-electron chi connectivity index (χ0n) is 14.1. The highest BCUT2D eigenvalue weighted by atomic mass is 32.2. The second kappa shape index (κ2) is 8.73. The third kappa shape index (κ3) is 7.34. The summed E-state index contributed by atoms with van der Waals surface area (Å²) in [6.07, 6.45) is 2.02. The summed E-state index contributed by atoms with van der Waals surface area (Å²) < 4.78 is 29.4. The van der Waals surface area contributed by atoms with Crippen molar-refractivity contribution in [2.75, 3.05) is 51.4 Å². The van der Waals surface area contributed by atoms with Crippen LogP contribution in [-0.2, 0) is 14.8 Å². The number of carbonyl (C=O) groups excluding carboxylic acids is 1. The van der Waals surface area contributed by atoms with E-state index in [-0.39, 0.29) is 12.5 Å². The number of hydrogen-bond donors (Lipinski definition) is 1. The predicted octanol–water partition coefficient (Wildman–Crippen LogP) is 0.529. The lowest BCUT2D eigenvalue weighted by Gasteiger charge is -2.16. The number of rotatable bonds is 9. The van der Waals surface area contributed by atoms with Gasteiger partial charge in [0.15, 0.2) is 6.61 Å². The Morgan fingerprint density at radius 3 is 2.30 bits per heavy atom. The molecule has 0 fully saturated rings. The quantitative estimate of drug-likeness (QED) is 0.662. The van der Waals surface area contributed by atoms with E-state index in [2.05, 4.69) is 10.2 Å². The Morgan fingerprint density at radius 1 is 1.17 bits per heavy atom. The van der Waals surface area contributed by atoms with Crippen LogP contribution in [0.1, 0.15) is 6.42 Å². The van der Waals surface area contributed by atoms with Gasteiger partial charge in [0, 0.05) is 13.6 Å². The van der Waals surface area contributed by atoms with Crippen molar-refractivity contribution in [3.8, 4) is 5.75 Å². The number of amides is 1. The number of nitrogens with zero attached hydrogens (tertiary/aromatic N) is 2. The van der Waals surface area contributed by atoms with Crippen LogP contribution in [-0.4, -0.2) is 66.3 Å². The van der Waals surface area contributed by atoms with Crippen LogP contribution in [0.3, 0.4) is 0 Å². The Hall–Kier alpha value is -1.80. The molecule has 0 atom stereocenters. The molecule has 0 saturated carbocycles. The van der Waals surface area contributed by atoms with E-state index in [1.165, 1.54) is 11.4 Å². The van der Waals surface area contributed by atoms with E-state index in [0.717, 1.165) is 19.2 Å². The minimum Gasteiger partial charge on any atom is -0.484 e. The number of ether oxygens (including phenoxy) is 1. The molecule has 0 aromatic heterocycles. The molecule has 0 aliphatic carbocycles. The molecular formula is C15H25N3O4S. The lowest BCUT2D eigenvalue weighted by molar-refractivity contribution is -0.123. The van der Waals surface area contributed by atoms with Crippen molar-refractivity contribution in [1.29, 1.82) is 0 Å². The fourth-order valence-corrected chi connectivity index (χ4v) is 2.27. The molecule has 130 valence electrons. The van der Waals surface area contributed by atoms with Gasteiger partial charge in [-0.3, -0.25) is 9.10 Å². The summed E-state index contributed by atoms with van der Waals surface area (Å²) in [5, 5.41) is 2.78. The highest BCUT2D eigenvalue weighted by Crippen LogP contribution is 2.20. The molecule has 0 spiro atoms. The molecule has 0 saturated heterocycles. The fourth-order valence-electron chi connectivity index (χ4n) is 1.77. The van der Waals surface area contributed by atoms with E-state index in [9.17, 15) is 13.2 Å². The van der Waals surface area contributed by atoms with Crippen LogP contribution >= 0.6 is 0 Å². The van der Waals surface area contributed by atoms with Crippen LogP contribution in [0, 0.1) is 0 Å². The van der Waals surface area contributed by atoms with Crippen LogP contribution in [0.15, 0.2) is 24.3 Å². The molecule has 23 heavy (non-hydrogen) atoms. The van der Waals surface area contributed by atoms with Gasteiger partial charge in [0.05, 0.1) is 11.9 Å². The first-order valence-electron chi connectivity index (χ1n) is 7.28. The number of carbonyl (C=O) groups is 1. The minimum atomic E-state index is -3.29. The largest absolute Gasteiger partial charge is 0.484 e. The molecule has 0 heterocycles. The molecule has 7 nitrogen and oxygen atoms in total. The highest BCUT2D eigenvalue weighted by molar-refractivity contribution is 7.92. The second-order valence-corrected chi connectivity index (χ2v) is 7.53. The van der Waals surface area contributed by atoms with E-state index in [1.807, 2.05) is 14.1 Å². The maximum absolute atomic E-state index is 11.6. The van der Waals surface area contributed by atoms with Gasteiger partial charge in [0.2, 0.25) is 10.0 Å². The van der Waals surface area contributed by atoms with Gasteiger partial charge in [0.25, 0.3) is 5.91 Å². The Labute approximate surface area is 138 Å². The summed E-state index contributed by atoms with van der Waals surface area (Å²) in [7, 11) is 2.15. The zero-order chi connectivity index (χ0) is 17.5. The Morgan fingerprint density at radius 2 is 1.78 bits per heavy atom. The zero-order valence-corrected chi connectivity index (χ0v) is 14.9. The normalized spacial score (nSPS) is 11.3. The van der Waals surface area contributed by atoms with E-state index in [0.29, 0.717) is 18.0 Å². The summed E-state index contributed by atoms with van der Waals surface area (Å²) in [5.74, 6) is 0.333. The van der Waals surface area contributed by atoms with Crippen molar-refractivity contribution in [2.24, 2.45) is 0 Å². The predicted molar refractivity (Wildman–Crippen MR) is 91.4 cm³/mol. The molecule has 0 bridgehead atoms. The average molecular weight is 343 g/mol. The first kappa shape index (κ1) is 19.2. The third-order valence-electron chi connectivity index (χ3n) is 3.17. The van der Waals surface area contributed by atoms with Gasteiger partial charge >= 0.3 is 0 Å². The van der Waals surface area contributed by atoms with Crippen molar-refractivity contribution in [2.45, 2.75) is 6.42 Å². The van der Waals surface area contributed by atoms with E-state index in [1.54, 1.807) is 24.3 Å². The van der Waals surface area contributed by atoms with Crippen LogP contribution in [0.4, 0.5) is 5.69 Å². The monoisotopic (exact) mass is 343 g/mol. The van der Waals surface area contributed by atoms with Crippen molar-refractivity contribution >= 4 is 21.6 Å². The third-order valence-corrected chi connectivity index (χ3v) is 4.38. The maximum atomic E-state index is 11.6. The topological polar surface area (TPSA) is 79.0 Å². The Bertz CT molecular complexity index is 600. The van der Waals surface area contributed by atoms with Gasteiger partial charge in [-0.15, -0.1) is 0 Å². The molecule has 0 unspecified atom stereocenters. The second-order valence-electron chi connectivity index (χ2n) is 5.52. The summed E-state index contributed by atoms with van der Waals surface area (Å²) >= 11 is 0. The highest BCUT2D eigenvalue weighted by Gasteiger charge is 2.11. The molecule has 1 N–H and O–H groups in total. The van der Waals surface area contributed by atoms with Crippen molar-refractivity contribution < 1.29 is 17.9 Å². The van der Waals surface area contributed by atoms with Crippen molar-refractivity contribution in [1.82, 2.24) is 10.2 Å².